The number of phenols is 1. The molecule has 0 aliphatic rings. The van der Waals surface area contributed by atoms with E-state index in [-0.39, 0.29) is 0 Å². The minimum Gasteiger partial charge on any atom is -0.506 e. The predicted molar refractivity (Wildman–Crippen MR) is 84.6 cm³/mol. The normalized spacial score (nSPS) is 12.5. The number of rotatable bonds is 6. The molecule has 1 heterocycles. The first-order chi connectivity index (χ1) is 9.22. The van der Waals surface area contributed by atoms with Crippen molar-refractivity contribution in [1.82, 2.24) is 5.32 Å². The van der Waals surface area contributed by atoms with Gasteiger partial charge in [-0.3, -0.25) is 0 Å². The molecule has 0 fully saturated rings. The van der Waals surface area contributed by atoms with E-state index in [1.54, 1.807) is 11.3 Å². The lowest BCUT2D eigenvalue weighted by Gasteiger charge is -2.17. The molecule has 0 aliphatic carbocycles. The van der Waals surface area contributed by atoms with Crippen molar-refractivity contribution in [3.8, 4) is 5.75 Å². The Balaban J connectivity index is 2.05. The molecule has 2 N–H and O–H groups in total. The van der Waals surface area contributed by atoms with E-state index in [1.165, 1.54) is 4.88 Å². The number of hydrogen-bond donors (Lipinski definition) is 2. The molecule has 102 valence electrons. The Labute approximate surface area is 126 Å². The zero-order valence-electron chi connectivity index (χ0n) is 10.9. The molecule has 1 aromatic heterocycles. The van der Waals surface area contributed by atoms with Gasteiger partial charge in [0.15, 0.2) is 0 Å². The highest BCUT2D eigenvalue weighted by Gasteiger charge is 2.12. The van der Waals surface area contributed by atoms with Crippen LogP contribution in [0.4, 0.5) is 0 Å². The van der Waals surface area contributed by atoms with E-state index in [2.05, 4.69) is 45.7 Å². The minimum absolute atomic E-state index is 0.330. The highest BCUT2D eigenvalue weighted by atomic mass is 79.9. The molecule has 1 aromatic carbocycles. The summed E-state index contributed by atoms with van der Waals surface area (Å²) in [5, 5.41) is 15.6. The van der Waals surface area contributed by atoms with Crippen LogP contribution >= 0.6 is 27.3 Å². The molecule has 0 bridgehead atoms. The summed E-state index contributed by atoms with van der Waals surface area (Å²) in [4.78, 5) is 1.36. The molecule has 0 saturated heterocycles. The van der Waals surface area contributed by atoms with Crippen LogP contribution in [-0.2, 0) is 6.54 Å². The van der Waals surface area contributed by atoms with Crippen molar-refractivity contribution in [2.24, 2.45) is 0 Å². The van der Waals surface area contributed by atoms with E-state index in [4.69, 9.17) is 0 Å². The third kappa shape index (κ3) is 3.81. The van der Waals surface area contributed by atoms with Crippen molar-refractivity contribution in [3.63, 3.8) is 0 Å². The van der Waals surface area contributed by atoms with Crippen LogP contribution in [0.3, 0.4) is 0 Å². The summed E-state index contributed by atoms with van der Waals surface area (Å²) in [5.41, 5.74) is 0.923. The van der Waals surface area contributed by atoms with Gasteiger partial charge in [-0.25, -0.2) is 0 Å². The average Bonchev–Trinajstić information content (AvgIpc) is 2.93. The summed E-state index contributed by atoms with van der Waals surface area (Å²) in [5.74, 6) is 0.330. The maximum absolute atomic E-state index is 9.99. The number of phenolic OH excluding ortho intramolecular Hbond substituents is 1. The van der Waals surface area contributed by atoms with Crippen LogP contribution in [-0.4, -0.2) is 5.11 Å². The number of thiophene rings is 1. The predicted octanol–water partition coefficient (Wildman–Crippen LogP) is 4.85. The average molecular weight is 340 g/mol. The van der Waals surface area contributed by atoms with E-state index in [9.17, 15) is 5.11 Å². The first-order valence-corrected chi connectivity index (χ1v) is 8.12. The molecule has 0 saturated carbocycles. The molecule has 2 rings (SSSR count). The molecular weight excluding hydrogens is 322 g/mol. The fourth-order valence-corrected chi connectivity index (χ4v) is 3.30. The van der Waals surface area contributed by atoms with Crippen LogP contribution in [0.1, 0.15) is 36.2 Å². The Morgan fingerprint density at radius 2 is 2.16 bits per heavy atom. The summed E-state index contributed by atoms with van der Waals surface area (Å²) in [7, 11) is 0. The van der Waals surface area contributed by atoms with Crippen molar-refractivity contribution in [2.75, 3.05) is 0 Å². The fraction of sp³-hybridized carbons (Fsp3) is 0.333. The van der Waals surface area contributed by atoms with Crippen molar-refractivity contribution >= 4 is 27.3 Å². The topological polar surface area (TPSA) is 32.3 Å². The first kappa shape index (κ1) is 14.6. The van der Waals surface area contributed by atoms with E-state index in [0.717, 1.165) is 22.9 Å². The first-order valence-electron chi connectivity index (χ1n) is 6.45. The van der Waals surface area contributed by atoms with Gasteiger partial charge in [0.05, 0.1) is 4.47 Å². The van der Waals surface area contributed by atoms with Gasteiger partial charge in [-0.15, -0.1) is 11.3 Å². The Bertz CT molecular complexity index is 513. The zero-order valence-corrected chi connectivity index (χ0v) is 13.3. The maximum atomic E-state index is 9.99. The Morgan fingerprint density at radius 3 is 2.84 bits per heavy atom. The van der Waals surface area contributed by atoms with Gasteiger partial charge in [-0.2, -0.15) is 0 Å². The zero-order chi connectivity index (χ0) is 13.7. The molecule has 0 amide bonds. The number of nitrogens with one attached hydrogen (secondary N) is 1. The van der Waals surface area contributed by atoms with E-state index in [1.807, 2.05) is 18.2 Å². The van der Waals surface area contributed by atoms with Gasteiger partial charge in [0.25, 0.3) is 0 Å². The second-order valence-electron chi connectivity index (χ2n) is 4.49. The Hall–Kier alpha value is -0.840. The van der Waals surface area contributed by atoms with Gasteiger partial charge in [0.1, 0.15) is 5.75 Å². The quantitative estimate of drug-likeness (QED) is 0.788. The summed E-state index contributed by atoms with van der Waals surface area (Å²) in [6, 6.07) is 10.4. The fourth-order valence-electron chi connectivity index (χ4n) is 2.06. The Morgan fingerprint density at radius 1 is 1.32 bits per heavy atom. The second kappa shape index (κ2) is 7.08. The third-order valence-electron chi connectivity index (χ3n) is 3.07. The van der Waals surface area contributed by atoms with Crippen LogP contribution in [0.25, 0.3) is 0 Å². The highest BCUT2D eigenvalue weighted by Crippen LogP contribution is 2.29. The molecule has 2 nitrogen and oxygen atoms in total. The molecule has 1 unspecified atom stereocenters. The molecule has 0 radical (unpaired) electrons. The standard InChI is InChI=1S/C15H18BrNOS/c1-2-5-13(14-8-4-9-19-14)17-10-11-6-3-7-12(16)15(11)18/h3-4,6-9,13,17-18H,2,5,10H2,1H3. The number of hydrogen-bond acceptors (Lipinski definition) is 3. The van der Waals surface area contributed by atoms with Gasteiger partial charge in [-0.1, -0.05) is 31.5 Å². The monoisotopic (exact) mass is 339 g/mol. The summed E-state index contributed by atoms with van der Waals surface area (Å²) in [6.07, 6.45) is 2.25. The number of halogens is 1. The Kier molecular flexibility index (Phi) is 5.43. The van der Waals surface area contributed by atoms with Gasteiger partial charge in [-0.05, 0) is 39.9 Å². The SMILES string of the molecule is CCCC(NCc1cccc(Br)c1O)c1cccs1. The van der Waals surface area contributed by atoms with Gasteiger partial charge < -0.3 is 10.4 Å². The summed E-state index contributed by atoms with van der Waals surface area (Å²) in [6.45, 7) is 2.87. The van der Waals surface area contributed by atoms with Crippen LogP contribution in [0.5, 0.6) is 5.75 Å². The van der Waals surface area contributed by atoms with Crippen LogP contribution in [0, 0.1) is 0 Å². The molecule has 0 aliphatic heterocycles. The van der Waals surface area contributed by atoms with Crippen LogP contribution in [0.15, 0.2) is 40.2 Å². The lowest BCUT2D eigenvalue weighted by atomic mass is 10.1. The van der Waals surface area contributed by atoms with Crippen molar-refractivity contribution < 1.29 is 5.11 Å². The summed E-state index contributed by atoms with van der Waals surface area (Å²) < 4.78 is 0.745. The van der Waals surface area contributed by atoms with Gasteiger partial charge >= 0.3 is 0 Å². The summed E-state index contributed by atoms with van der Waals surface area (Å²) >= 11 is 5.13. The van der Waals surface area contributed by atoms with Crippen LogP contribution in [0.2, 0.25) is 0 Å². The molecule has 2 aromatic rings. The molecule has 19 heavy (non-hydrogen) atoms. The molecule has 0 spiro atoms. The molecule has 4 heteroatoms. The number of benzene rings is 1. The molecule has 1 atom stereocenters. The van der Waals surface area contributed by atoms with E-state index < -0.39 is 0 Å². The number of para-hydroxylation sites is 1. The van der Waals surface area contributed by atoms with Crippen molar-refractivity contribution in [3.05, 3.63) is 50.6 Å². The number of aromatic hydroxyl groups is 1. The van der Waals surface area contributed by atoms with Gasteiger partial charge in [0.2, 0.25) is 0 Å². The van der Waals surface area contributed by atoms with E-state index in [0.29, 0.717) is 18.3 Å². The van der Waals surface area contributed by atoms with Crippen molar-refractivity contribution in [2.45, 2.75) is 32.4 Å². The smallest absolute Gasteiger partial charge is 0.134 e. The van der Waals surface area contributed by atoms with E-state index >= 15 is 0 Å². The van der Waals surface area contributed by atoms with Crippen LogP contribution < -0.4 is 5.32 Å². The largest absolute Gasteiger partial charge is 0.506 e. The van der Waals surface area contributed by atoms with Gasteiger partial charge in [0, 0.05) is 23.0 Å². The second-order valence-corrected chi connectivity index (χ2v) is 6.32. The minimum atomic E-state index is 0.330. The highest BCUT2D eigenvalue weighted by molar-refractivity contribution is 9.10. The lowest BCUT2D eigenvalue weighted by Crippen LogP contribution is -2.20. The lowest BCUT2D eigenvalue weighted by molar-refractivity contribution is 0.449. The third-order valence-corrected chi connectivity index (χ3v) is 4.70. The molecular formula is C15H18BrNOS. The maximum Gasteiger partial charge on any atom is 0.134 e. The van der Waals surface area contributed by atoms with Crippen molar-refractivity contribution in [1.29, 1.82) is 0 Å².